The van der Waals surface area contributed by atoms with Gasteiger partial charge in [-0.3, -0.25) is 4.79 Å². The van der Waals surface area contributed by atoms with Gasteiger partial charge in [0.15, 0.2) is 0 Å². The van der Waals surface area contributed by atoms with Crippen LogP contribution < -0.4 is 10.6 Å². The van der Waals surface area contributed by atoms with Crippen LogP contribution in [0.5, 0.6) is 0 Å². The van der Waals surface area contributed by atoms with E-state index in [1.807, 2.05) is 43.3 Å². The van der Waals surface area contributed by atoms with Crippen LogP contribution in [0.1, 0.15) is 50.2 Å². The molecule has 2 aromatic carbocycles. The Kier molecular flexibility index (Phi) is 7.40. The number of ether oxygens (including phenoxy) is 2. The molecule has 35 heavy (non-hydrogen) atoms. The van der Waals surface area contributed by atoms with Crippen LogP contribution in [0.15, 0.2) is 48.5 Å². The number of hydrogen-bond acceptors (Lipinski definition) is 5. The van der Waals surface area contributed by atoms with Crippen molar-refractivity contribution in [1.82, 2.24) is 10.6 Å². The van der Waals surface area contributed by atoms with Crippen LogP contribution in [0, 0.1) is 5.92 Å². The van der Waals surface area contributed by atoms with Gasteiger partial charge in [0.05, 0.1) is 0 Å². The minimum atomic E-state index is -1.29. The minimum Gasteiger partial charge on any atom is -0.480 e. The topological polar surface area (TPSA) is 114 Å². The Labute approximate surface area is 205 Å². The fraction of sp³-hybridized carbons (Fsp3) is 0.444. The maximum atomic E-state index is 13.3. The highest BCUT2D eigenvalue weighted by molar-refractivity contribution is 5.93. The molecule has 1 fully saturated rings. The van der Waals surface area contributed by atoms with Crippen LogP contribution in [-0.4, -0.2) is 54.5 Å². The van der Waals surface area contributed by atoms with E-state index >= 15 is 0 Å². The van der Waals surface area contributed by atoms with Crippen molar-refractivity contribution >= 4 is 18.0 Å². The zero-order chi connectivity index (χ0) is 25.0. The van der Waals surface area contributed by atoms with Crippen molar-refractivity contribution in [3.63, 3.8) is 0 Å². The first-order chi connectivity index (χ1) is 16.9. The van der Waals surface area contributed by atoms with Crippen LogP contribution in [0.2, 0.25) is 0 Å². The van der Waals surface area contributed by atoms with E-state index in [9.17, 15) is 19.5 Å². The first-order valence-corrected chi connectivity index (χ1v) is 12.1. The number of amides is 2. The molecule has 186 valence electrons. The normalized spacial score (nSPS) is 18.0. The van der Waals surface area contributed by atoms with Gasteiger partial charge in [0.25, 0.3) is 0 Å². The zero-order valence-electron chi connectivity index (χ0n) is 20.1. The first kappa shape index (κ1) is 24.7. The number of benzene rings is 2. The standard InChI is InChI=1S/C27H32N2O6/c1-3-17(2)23(24(30)31)28-25(32)27(12-14-34-15-13-27)29-26(33)35-16-22-20-10-6-4-8-18(20)19-9-5-7-11-21(19)22/h4-11,17,22-23H,3,12-16H2,1-2H3,(H,28,32)(H,29,33)(H,30,31). The molecule has 1 saturated heterocycles. The van der Waals surface area contributed by atoms with E-state index in [0.717, 1.165) is 22.3 Å². The highest BCUT2D eigenvalue weighted by Crippen LogP contribution is 2.44. The van der Waals surface area contributed by atoms with E-state index in [4.69, 9.17) is 9.47 Å². The SMILES string of the molecule is CCC(C)C(NC(=O)C1(NC(=O)OCC2c3ccccc3-c3ccccc32)CCOCC1)C(=O)O. The molecule has 1 aliphatic heterocycles. The van der Waals surface area contributed by atoms with Gasteiger partial charge in [-0.05, 0) is 28.2 Å². The van der Waals surface area contributed by atoms with Crippen molar-refractivity contribution in [3.05, 3.63) is 59.7 Å². The number of rotatable bonds is 8. The third kappa shape index (κ3) is 5.03. The van der Waals surface area contributed by atoms with E-state index in [1.54, 1.807) is 6.92 Å². The molecule has 2 aromatic rings. The van der Waals surface area contributed by atoms with E-state index in [2.05, 4.69) is 22.8 Å². The average Bonchev–Trinajstić information content (AvgIpc) is 3.19. The Balaban J connectivity index is 1.47. The number of alkyl carbamates (subject to hydrolysis) is 1. The number of hydrogen-bond donors (Lipinski definition) is 3. The number of carbonyl (C=O) groups is 3. The summed E-state index contributed by atoms with van der Waals surface area (Å²) in [6.07, 6.45) is 0.346. The highest BCUT2D eigenvalue weighted by atomic mass is 16.5. The molecule has 1 heterocycles. The molecular weight excluding hydrogens is 448 g/mol. The van der Waals surface area contributed by atoms with Gasteiger partial charge >= 0.3 is 12.1 Å². The number of carboxylic acids is 1. The van der Waals surface area contributed by atoms with E-state index in [-0.39, 0.29) is 44.5 Å². The molecule has 1 aliphatic carbocycles. The summed E-state index contributed by atoms with van der Waals surface area (Å²) in [6.45, 7) is 4.32. The van der Waals surface area contributed by atoms with Gasteiger partial charge in [-0.25, -0.2) is 9.59 Å². The summed E-state index contributed by atoms with van der Waals surface area (Å²) < 4.78 is 11.1. The summed E-state index contributed by atoms with van der Waals surface area (Å²) >= 11 is 0. The minimum absolute atomic E-state index is 0.102. The summed E-state index contributed by atoms with van der Waals surface area (Å²) in [5.41, 5.74) is 3.15. The van der Waals surface area contributed by atoms with Crippen LogP contribution in [-0.2, 0) is 19.1 Å². The predicted octanol–water partition coefficient (Wildman–Crippen LogP) is 3.69. The van der Waals surface area contributed by atoms with Gasteiger partial charge in [0, 0.05) is 32.0 Å². The van der Waals surface area contributed by atoms with E-state index in [0.29, 0.717) is 6.42 Å². The fourth-order valence-electron chi connectivity index (χ4n) is 4.92. The molecule has 0 saturated carbocycles. The summed E-state index contributed by atoms with van der Waals surface area (Å²) in [6, 6.07) is 15.1. The van der Waals surface area contributed by atoms with Crippen LogP contribution in [0.4, 0.5) is 4.79 Å². The van der Waals surface area contributed by atoms with Gasteiger partial charge in [-0.15, -0.1) is 0 Å². The predicted molar refractivity (Wildman–Crippen MR) is 130 cm³/mol. The quantitative estimate of drug-likeness (QED) is 0.531. The lowest BCUT2D eigenvalue weighted by Gasteiger charge is -2.37. The Hall–Kier alpha value is -3.39. The van der Waals surface area contributed by atoms with Crippen LogP contribution in [0.3, 0.4) is 0 Å². The summed E-state index contributed by atoms with van der Waals surface area (Å²) in [7, 11) is 0. The molecule has 2 amide bonds. The molecule has 2 aliphatic rings. The molecule has 8 heteroatoms. The molecule has 4 rings (SSSR count). The largest absolute Gasteiger partial charge is 0.480 e. The lowest BCUT2D eigenvalue weighted by molar-refractivity contribution is -0.145. The van der Waals surface area contributed by atoms with Crippen molar-refractivity contribution in [2.45, 2.75) is 50.6 Å². The monoisotopic (exact) mass is 480 g/mol. The van der Waals surface area contributed by atoms with E-state index < -0.39 is 29.6 Å². The van der Waals surface area contributed by atoms with Gasteiger partial charge in [-0.2, -0.15) is 0 Å². The second-order valence-corrected chi connectivity index (χ2v) is 9.32. The first-order valence-electron chi connectivity index (χ1n) is 12.1. The van der Waals surface area contributed by atoms with Gasteiger partial charge in [0.2, 0.25) is 5.91 Å². The average molecular weight is 481 g/mol. The van der Waals surface area contributed by atoms with Gasteiger partial charge < -0.3 is 25.2 Å². The molecular formula is C27H32N2O6. The van der Waals surface area contributed by atoms with Gasteiger partial charge in [-0.1, -0.05) is 68.8 Å². The fourth-order valence-corrected chi connectivity index (χ4v) is 4.92. The Morgan fingerprint density at radius 1 is 1.06 bits per heavy atom. The van der Waals surface area contributed by atoms with Crippen molar-refractivity contribution in [2.24, 2.45) is 5.92 Å². The maximum absolute atomic E-state index is 13.3. The molecule has 2 unspecified atom stereocenters. The maximum Gasteiger partial charge on any atom is 0.408 e. The molecule has 2 atom stereocenters. The second kappa shape index (κ2) is 10.5. The molecule has 0 radical (unpaired) electrons. The summed E-state index contributed by atoms with van der Waals surface area (Å²) in [5.74, 6) is -1.99. The smallest absolute Gasteiger partial charge is 0.408 e. The summed E-state index contributed by atoms with van der Waals surface area (Å²) in [4.78, 5) is 38.0. The molecule has 3 N–H and O–H groups in total. The van der Waals surface area contributed by atoms with Crippen molar-refractivity contribution in [1.29, 1.82) is 0 Å². The number of carbonyl (C=O) groups excluding carboxylic acids is 2. The van der Waals surface area contributed by atoms with Crippen molar-refractivity contribution < 1.29 is 29.0 Å². The molecule has 0 bridgehead atoms. The van der Waals surface area contributed by atoms with Crippen molar-refractivity contribution in [3.8, 4) is 11.1 Å². The zero-order valence-corrected chi connectivity index (χ0v) is 20.1. The van der Waals surface area contributed by atoms with E-state index in [1.165, 1.54) is 0 Å². The molecule has 0 aromatic heterocycles. The Morgan fingerprint density at radius 2 is 1.63 bits per heavy atom. The third-order valence-electron chi connectivity index (χ3n) is 7.23. The number of nitrogens with one attached hydrogen (secondary N) is 2. The number of fused-ring (bicyclic) bond motifs is 3. The lowest BCUT2D eigenvalue weighted by atomic mass is 9.88. The summed E-state index contributed by atoms with van der Waals surface area (Å²) in [5, 5.41) is 15.0. The molecule has 8 nitrogen and oxygen atoms in total. The number of aliphatic carboxylic acids is 1. The van der Waals surface area contributed by atoms with Gasteiger partial charge in [0.1, 0.15) is 18.2 Å². The van der Waals surface area contributed by atoms with Crippen LogP contribution in [0.25, 0.3) is 11.1 Å². The second-order valence-electron chi connectivity index (χ2n) is 9.32. The Morgan fingerprint density at radius 3 is 2.17 bits per heavy atom. The molecule has 0 spiro atoms. The third-order valence-corrected chi connectivity index (χ3v) is 7.23. The van der Waals surface area contributed by atoms with Crippen LogP contribution >= 0.6 is 0 Å². The lowest BCUT2D eigenvalue weighted by Crippen LogP contribution is -2.64. The number of carboxylic acid groups (broad SMARTS) is 1. The van der Waals surface area contributed by atoms with Crippen molar-refractivity contribution in [2.75, 3.05) is 19.8 Å². The Bertz CT molecular complexity index is 1050. The highest BCUT2D eigenvalue weighted by Gasteiger charge is 2.44.